The van der Waals surface area contributed by atoms with E-state index >= 15 is 0 Å². The fourth-order valence-corrected chi connectivity index (χ4v) is 1.90. The van der Waals surface area contributed by atoms with E-state index in [1.54, 1.807) is 0 Å². The Labute approximate surface area is 128 Å². The Morgan fingerprint density at radius 1 is 1.41 bits per heavy atom. The Bertz CT molecular complexity index is 496. The molecule has 0 heterocycles. The summed E-state index contributed by atoms with van der Waals surface area (Å²) in [5, 5.41) is 10.6. The normalized spacial score (nSPS) is 11.9. The number of carbonyl (C=O) groups is 1. The average molecular weight is 312 g/mol. The van der Waals surface area contributed by atoms with Gasteiger partial charge >= 0.3 is 5.97 Å². The maximum atomic E-state index is 13.5. The van der Waals surface area contributed by atoms with Crippen LogP contribution in [-0.2, 0) is 4.84 Å². The molecule has 1 atom stereocenters. The van der Waals surface area contributed by atoms with Crippen LogP contribution >= 0.6 is 0 Å². The largest absolute Gasteiger partial charge is 0.367 e. The molecule has 1 aromatic rings. The highest BCUT2D eigenvalue weighted by Gasteiger charge is 2.13. The topological polar surface area (TPSA) is 81.5 Å². The van der Waals surface area contributed by atoms with Crippen molar-refractivity contribution in [2.75, 3.05) is 6.54 Å². The fraction of sp³-hybridized carbons (Fsp3) is 0.533. The lowest BCUT2D eigenvalue weighted by Crippen LogP contribution is -2.27. The number of halogens is 1. The van der Waals surface area contributed by atoms with Gasteiger partial charge in [-0.2, -0.15) is 0 Å². The summed E-state index contributed by atoms with van der Waals surface area (Å²) in [6, 6.07) is 5.18. The number of non-ortho nitro benzene ring substituents is 1. The van der Waals surface area contributed by atoms with Crippen molar-refractivity contribution >= 4 is 11.7 Å². The molecule has 22 heavy (non-hydrogen) atoms. The fourth-order valence-electron chi connectivity index (χ4n) is 1.90. The van der Waals surface area contributed by atoms with E-state index in [-0.39, 0.29) is 17.8 Å². The number of benzene rings is 1. The third-order valence-corrected chi connectivity index (χ3v) is 3.13. The third kappa shape index (κ3) is 6.62. The van der Waals surface area contributed by atoms with E-state index < -0.39 is 17.1 Å². The van der Waals surface area contributed by atoms with Crippen molar-refractivity contribution in [2.45, 2.75) is 45.2 Å². The first kappa shape index (κ1) is 18.0. The maximum Gasteiger partial charge on any atom is 0.357 e. The predicted molar refractivity (Wildman–Crippen MR) is 80.2 cm³/mol. The minimum atomic E-state index is -1.09. The smallest absolute Gasteiger partial charge is 0.357 e. The first-order valence-electron chi connectivity index (χ1n) is 7.37. The summed E-state index contributed by atoms with van der Waals surface area (Å²) in [4.78, 5) is 26.4. The van der Waals surface area contributed by atoms with Crippen LogP contribution in [0.15, 0.2) is 24.3 Å². The van der Waals surface area contributed by atoms with Crippen molar-refractivity contribution in [1.29, 1.82) is 0 Å². The highest BCUT2D eigenvalue weighted by atomic mass is 19.1. The number of rotatable bonds is 10. The lowest BCUT2D eigenvalue weighted by molar-refractivity contribution is -0.384. The molecule has 122 valence electrons. The van der Waals surface area contributed by atoms with Crippen molar-refractivity contribution < 1.29 is 18.9 Å². The third-order valence-electron chi connectivity index (χ3n) is 3.13. The molecule has 1 rings (SSSR count). The molecule has 0 aliphatic heterocycles. The number of hydrogen-bond donors (Lipinski definition) is 1. The van der Waals surface area contributed by atoms with Gasteiger partial charge in [-0.15, -0.1) is 5.48 Å². The summed E-state index contributed by atoms with van der Waals surface area (Å²) in [6.07, 6.45) is 3.30. The summed E-state index contributed by atoms with van der Waals surface area (Å²) in [5.41, 5.74) is 2.12. The van der Waals surface area contributed by atoms with Gasteiger partial charge in [0.05, 0.1) is 17.0 Å². The SMILES string of the molecule is CCCCCCC(F)CNOC(=O)c1cccc([N+](=O)[O-])c1. The highest BCUT2D eigenvalue weighted by molar-refractivity contribution is 5.89. The molecule has 1 unspecified atom stereocenters. The van der Waals surface area contributed by atoms with Crippen LogP contribution in [0.2, 0.25) is 0 Å². The van der Waals surface area contributed by atoms with Crippen molar-refractivity contribution in [3.63, 3.8) is 0 Å². The molecule has 0 aliphatic rings. The number of alkyl halides is 1. The van der Waals surface area contributed by atoms with Gasteiger partial charge in [0, 0.05) is 12.1 Å². The predicted octanol–water partition coefficient (Wildman–Crippen LogP) is 3.56. The monoisotopic (exact) mass is 312 g/mol. The van der Waals surface area contributed by atoms with Crippen LogP contribution < -0.4 is 5.48 Å². The van der Waals surface area contributed by atoms with E-state index in [0.717, 1.165) is 31.7 Å². The molecule has 0 aromatic heterocycles. The summed E-state index contributed by atoms with van der Waals surface area (Å²) < 4.78 is 13.5. The Balaban J connectivity index is 2.31. The Morgan fingerprint density at radius 3 is 2.86 bits per heavy atom. The zero-order chi connectivity index (χ0) is 16.4. The van der Waals surface area contributed by atoms with Crippen LogP contribution in [0.4, 0.5) is 10.1 Å². The standard InChI is InChI=1S/C15H21FN2O4/c1-2-3-4-5-8-13(16)11-17-22-15(19)12-7-6-9-14(10-12)18(20)21/h6-7,9-10,13,17H,2-5,8,11H2,1H3. The second-order valence-corrected chi connectivity index (χ2v) is 4.99. The summed E-state index contributed by atoms with van der Waals surface area (Å²) >= 11 is 0. The van der Waals surface area contributed by atoms with Crippen LogP contribution in [0.5, 0.6) is 0 Å². The molecule has 0 radical (unpaired) electrons. The van der Waals surface area contributed by atoms with Gasteiger partial charge in [-0.05, 0) is 12.5 Å². The molecule has 6 nitrogen and oxygen atoms in total. The van der Waals surface area contributed by atoms with E-state index in [9.17, 15) is 19.3 Å². The molecule has 0 amide bonds. The van der Waals surface area contributed by atoms with E-state index in [1.165, 1.54) is 18.2 Å². The van der Waals surface area contributed by atoms with Crippen LogP contribution in [0, 0.1) is 10.1 Å². The number of hydroxylamine groups is 1. The van der Waals surface area contributed by atoms with Gasteiger partial charge in [0.15, 0.2) is 0 Å². The first-order valence-corrected chi connectivity index (χ1v) is 7.37. The van der Waals surface area contributed by atoms with Crippen molar-refractivity contribution in [3.05, 3.63) is 39.9 Å². The van der Waals surface area contributed by atoms with Crippen LogP contribution in [-0.4, -0.2) is 23.6 Å². The lowest BCUT2D eigenvalue weighted by Gasteiger charge is -2.09. The Morgan fingerprint density at radius 2 is 2.18 bits per heavy atom. The van der Waals surface area contributed by atoms with Gasteiger partial charge in [0.2, 0.25) is 0 Å². The van der Waals surface area contributed by atoms with Crippen LogP contribution in [0.25, 0.3) is 0 Å². The Hall–Kier alpha value is -2.02. The molecule has 0 fully saturated rings. The molecule has 0 saturated carbocycles. The van der Waals surface area contributed by atoms with Gasteiger partial charge in [0.25, 0.3) is 5.69 Å². The molecule has 0 saturated heterocycles. The van der Waals surface area contributed by atoms with E-state index in [1.807, 2.05) is 0 Å². The molecular formula is C15H21FN2O4. The van der Waals surface area contributed by atoms with Gasteiger partial charge in [0.1, 0.15) is 6.17 Å². The average Bonchev–Trinajstić information content (AvgIpc) is 2.51. The van der Waals surface area contributed by atoms with E-state index in [2.05, 4.69) is 12.4 Å². The van der Waals surface area contributed by atoms with Crippen molar-refractivity contribution in [2.24, 2.45) is 0 Å². The van der Waals surface area contributed by atoms with E-state index in [4.69, 9.17) is 4.84 Å². The number of unbranched alkanes of at least 4 members (excludes halogenated alkanes) is 3. The number of hydrogen-bond acceptors (Lipinski definition) is 5. The number of nitro groups is 1. The second kappa shape index (κ2) is 9.83. The van der Waals surface area contributed by atoms with Gasteiger partial charge in [-0.25, -0.2) is 9.18 Å². The van der Waals surface area contributed by atoms with E-state index in [0.29, 0.717) is 6.42 Å². The minimum Gasteiger partial charge on any atom is -0.367 e. The number of carbonyl (C=O) groups excluding carboxylic acids is 1. The van der Waals surface area contributed by atoms with Gasteiger partial charge in [-0.3, -0.25) is 10.1 Å². The number of nitrogens with zero attached hydrogens (tertiary/aromatic N) is 1. The highest BCUT2D eigenvalue weighted by Crippen LogP contribution is 2.13. The van der Waals surface area contributed by atoms with Gasteiger partial charge < -0.3 is 4.84 Å². The zero-order valence-electron chi connectivity index (χ0n) is 12.6. The molecule has 7 heteroatoms. The zero-order valence-corrected chi connectivity index (χ0v) is 12.6. The molecule has 1 aromatic carbocycles. The quantitative estimate of drug-likeness (QED) is 0.406. The lowest BCUT2D eigenvalue weighted by atomic mass is 10.1. The second-order valence-electron chi connectivity index (χ2n) is 4.99. The Kier molecular flexibility index (Phi) is 8.06. The van der Waals surface area contributed by atoms with Crippen molar-refractivity contribution in [1.82, 2.24) is 5.48 Å². The maximum absolute atomic E-state index is 13.5. The van der Waals surface area contributed by atoms with Gasteiger partial charge in [-0.1, -0.05) is 38.7 Å². The first-order chi connectivity index (χ1) is 10.5. The molecule has 0 bridgehead atoms. The summed E-state index contributed by atoms with van der Waals surface area (Å²) in [5.74, 6) is -0.776. The van der Waals surface area contributed by atoms with Crippen LogP contribution in [0.1, 0.15) is 49.4 Å². The summed E-state index contributed by atoms with van der Waals surface area (Å²) in [6.45, 7) is 1.99. The number of nitro benzene ring substituents is 1. The minimum absolute atomic E-state index is 0.0417. The molecule has 0 aliphatic carbocycles. The van der Waals surface area contributed by atoms with Crippen molar-refractivity contribution in [3.8, 4) is 0 Å². The molecular weight excluding hydrogens is 291 g/mol. The number of nitrogens with one attached hydrogen (secondary N) is 1. The molecule has 1 N–H and O–H groups in total. The molecule has 0 spiro atoms. The van der Waals surface area contributed by atoms with Crippen LogP contribution in [0.3, 0.4) is 0 Å². The summed E-state index contributed by atoms with van der Waals surface area (Å²) in [7, 11) is 0.